The molecular formula is C28H38. The third-order valence-corrected chi connectivity index (χ3v) is 6.15. The summed E-state index contributed by atoms with van der Waals surface area (Å²) in [4.78, 5) is 0. The van der Waals surface area contributed by atoms with E-state index in [-0.39, 0.29) is 0 Å². The molecule has 2 aromatic rings. The Bertz CT molecular complexity index is 896. The van der Waals surface area contributed by atoms with Crippen LogP contribution >= 0.6 is 0 Å². The van der Waals surface area contributed by atoms with E-state index in [1.54, 1.807) is 22.3 Å². The zero-order chi connectivity index (χ0) is 20.8. The van der Waals surface area contributed by atoms with Gasteiger partial charge in [-0.3, -0.25) is 0 Å². The third-order valence-electron chi connectivity index (χ3n) is 6.15. The highest BCUT2D eigenvalue weighted by molar-refractivity contribution is 6.02. The van der Waals surface area contributed by atoms with Crippen LogP contribution in [0, 0.1) is 0 Å². The highest BCUT2D eigenvalue weighted by Crippen LogP contribution is 2.40. The fourth-order valence-corrected chi connectivity index (χ4v) is 5.02. The summed E-state index contributed by atoms with van der Waals surface area (Å²) in [5, 5.41) is 2.92. The molecule has 0 aliphatic heterocycles. The average Bonchev–Trinajstić information content (AvgIpc) is 2.73. The Morgan fingerprint density at radius 3 is 1.75 bits per heavy atom. The van der Waals surface area contributed by atoms with Crippen LogP contribution in [0.15, 0.2) is 37.5 Å². The summed E-state index contributed by atoms with van der Waals surface area (Å²) in [5.41, 5.74) is 11.7. The highest BCUT2D eigenvalue weighted by atomic mass is 14.3. The molecule has 0 saturated heterocycles. The van der Waals surface area contributed by atoms with Crippen molar-refractivity contribution in [3.05, 3.63) is 76.4 Å². The smallest absolute Gasteiger partial charge is 0.00762 e. The molecule has 0 aliphatic carbocycles. The molecule has 0 aliphatic rings. The van der Waals surface area contributed by atoms with Gasteiger partial charge in [0, 0.05) is 0 Å². The first-order valence-electron chi connectivity index (χ1n) is 11.2. The molecule has 0 atom stereocenters. The summed E-state index contributed by atoms with van der Waals surface area (Å²) < 4.78 is 0. The Hall–Kier alpha value is -2.08. The van der Waals surface area contributed by atoms with E-state index >= 15 is 0 Å². The van der Waals surface area contributed by atoms with Gasteiger partial charge in [-0.05, 0) is 93.8 Å². The molecular weight excluding hydrogens is 336 g/mol. The molecule has 0 N–H and O–H groups in total. The highest BCUT2D eigenvalue weighted by Gasteiger charge is 2.21. The molecule has 0 radical (unpaired) electrons. The topological polar surface area (TPSA) is 0 Å². The molecule has 0 amide bonds. The van der Waals surface area contributed by atoms with Crippen molar-refractivity contribution in [2.24, 2.45) is 0 Å². The van der Waals surface area contributed by atoms with Crippen LogP contribution in [0.1, 0.15) is 80.5 Å². The normalized spacial score (nSPS) is 11.5. The van der Waals surface area contributed by atoms with E-state index in [9.17, 15) is 0 Å². The molecule has 0 nitrogen and oxygen atoms in total. The Morgan fingerprint density at radius 2 is 1.29 bits per heavy atom. The van der Waals surface area contributed by atoms with Crippen LogP contribution < -0.4 is 0 Å². The number of aryl methyl sites for hydroxylation is 3. The quantitative estimate of drug-likeness (QED) is 0.390. The van der Waals surface area contributed by atoms with E-state index in [0.717, 1.165) is 44.1 Å². The van der Waals surface area contributed by atoms with Gasteiger partial charge < -0.3 is 0 Å². The summed E-state index contributed by atoms with van der Waals surface area (Å²) in [7, 11) is 0. The summed E-state index contributed by atoms with van der Waals surface area (Å²) >= 11 is 0. The Morgan fingerprint density at radius 1 is 0.750 bits per heavy atom. The fourth-order valence-electron chi connectivity index (χ4n) is 5.02. The van der Waals surface area contributed by atoms with Gasteiger partial charge in [0.2, 0.25) is 0 Å². The van der Waals surface area contributed by atoms with Crippen molar-refractivity contribution in [3.8, 4) is 0 Å². The first-order chi connectivity index (χ1) is 13.5. The Balaban J connectivity index is 3.19. The first-order valence-corrected chi connectivity index (χ1v) is 11.2. The number of hydrogen-bond acceptors (Lipinski definition) is 0. The molecule has 2 aromatic carbocycles. The van der Waals surface area contributed by atoms with Crippen LogP contribution in [0.5, 0.6) is 0 Å². The van der Waals surface area contributed by atoms with E-state index in [2.05, 4.69) is 66.8 Å². The van der Waals surface area contributed by atoms with Gasteiger partial charge in [0.05, 0.1) is 0 Å². The molecule has 0 saturated carbocycles. The predicted molar refractivity (Wildman–Crippen MR) is 129 cm³/mol. The number of fused-ring (bicyclic) bond motifs is 1. The monoisotopic (exact) mass is 374 g/mol. The van der Waals surface area contributed by atoms with Crippen LogP contribution in [-0.2, 0) is 38.5 Å². The first kappa shape index (κ1) is 22.2. The van der Waals surface area contributed by atoms with E-state index in [1.807, 2.05) is 12.2 Å². The lowest BCUT2D eigenvalue weighted by Crippen LogP contribution is -2.09. The van der Waals surface area contributed by atoms with Crippen molar-refractivity contribution in [3.63, 3.8) is 0 Å². The van der Waals surface area contributed by atoms with Gasteiger partial charge in [0.15, 0.2) is 0 Å². The lowest BCUT2D eigenvalue weighted by atomic mass is 9.79. The van der Waals surface area contributed by atoms with E-state index in [1.165, 1.54) is 27.5 Å². The molecule has 0 spiro atoms. The van der Waals surface area contributed by atoms with Crippen molar-refractivity contribution in [1.82, 2.24) is 0 Å². The molecule has 0 heteroatoms. The van der Waals surface area contributed by atoms with Gasteiger partial charge in [-0.15, -0.1) is 0 Å². The van der Waals surface area contributed by atoms with E-state index < -0.39 is 0 Å². The molecule has 0 aromatic heterocycles. The van der Waals surface area contributed by atoms with Crippen LogP contribution in [0.4, 0.5) is 0 Å². The number of allylic oxidation sites excluding steroid dienone is 4. The van der Waals surface area contributed by atoms with Gasteiger partial charge in [0.1, 0.15) is 0 Å². The molecule has 28 heavy (non-hydrogen) atoms. The van der Waals surface area contributed by atoms with Crippen LogP contribution in [0.25, 0.3) is 16.3 Å². The molecule has 0 fully saturated rings. The second kappa shape index (κ2) is 9.92. The largest absolute Gasteiger partial charge is 0.0991 e. The maximum Gasteiger partial charge on any atom is -0.00762 e. The summed E-state index contributed by atoms with van der Waals surface area (Å²) in [6.45, 7) is 22.1. The average molecular weight is 375 g/mol. The zero-order valence-corrected chi connectivity index (χ0v) is 19.0. The minimum atomic E-state index is 1.04. The molecule has 0 heterocycles. The van der Waals surface area contributed by atoms with Gasteiger partial charge in [-0.2, -0.15) is 0 Å². The summed E-state index contributed by atoms with van der Waals surface area (Å²) in [6.07, 6.45) is 12.5. The number of hydrogen-bond donors (Lipinski definition) is 0. The van der Waals surface area contributed by atoms with Crippen molar-refractivity contribution in [2.45, 2.75) is 80.1 Å². The van der Waals surface area contributed by atoms with Gasteiger partial charge >= 0.3 is 0 Å². The third kappa shape index (κ3) is 3.75. The second-order valence-electron chi connectivity index (χ2n) is 7.47. The fraction of sp³-hybridized carbons (Fsp3) is 0.429. The van der Waals surface area contributed by atoms with Crippen molar-refractivity contribution in [2.75, 3.05) is 0 Å². The lowest BCUT2D eigenvalue weighted by Gasteiger charge is -2.26. The van der Waals surface area contributed by atoms with Gasteiger partial charge in [0.25, 0.3) is 0 Å². The van der Waals surface area contributed by atoms with Crippen LogP contribution in [0.2, 0.25) is 0 Å². The number of benzene rings is 2. The van der Waals surface area contributed by atoms with Crippen molar-refractivity contribution in [1.29, 1.82) is 0 Å². The van der Waals surface area contributed by atoms with Crippen molar-refractivity contribution < 1.29 is 0 Å². The molecule has 0 unspecified atom stereocenters. The SMILES string of the molecule is C=C/C=C/C(=C)c1c(CC)c(CC)c(CC)c2c(CC)c(CC)c(CC)cc12. The lowest BCUT2D eigenvalue weighted by molar-refractivity contribution is 0.967. The maximum atomic E-state index is 4.47. The summed E-state index contributed by atoms with van der Waals surface area (Å²) in [5.74, 6) is 0. The Labute approximate surface area is 173 Å². The molecule has 150 valence electrons. The van der Waals surface area contributed by atoms with E-state index in [4.69, 9.17) is 0 Å². The zero-order valence-electron chi connectivity index (χ0n) is 19.0. The van der Waals surface area contributed by atoms with Gasteiger partial charge in [-0.25, -0.2) is 0 Å². The van der Waals surface area contributed by atoms with Gasteiger partial charge in [-0.1, -0.05) is 79.0 Å². The Kier molecular flexibility index (Phi) is 7.87. The summed E-state index contributed by atoms with van der Waals surface area (Å²) in [6, 6.07) is 2.48. The molecule has 0 bridgehead atoms. The predicted octanol–water partition coefficient (Wildman–Crippen LogP) is 7.97. The number of rotatable bonds is 9. The standard InChI is InChI=1S/C28H38/c1-9-16-17-19(8)27-24(14-6)22(12-4)25(15-7)28-23(13-5)21(11-3)20(10-2)18-26(27)28/h9,16-18H,1,8,10-15H2,2-7H3/b17-16+. The van der Waals surface area contributed by atoms with E-state index in [0.29, 0.717) is 0 Å². The minimum absolute atomic E-state index is 1.04. The second-order valence-corrected chi connectivity index (χ2v) is 7.47. The maximum absolute atomic E-state index is 4.47. The van der Waals surface area contributed by atoms with Crippen LogP contribution in [0.3, 0.4) is 0 Å². The van der Waals surface area contributed by atoms with Crippen LogP contribution in [-0.4, -0.2) is 0 Å². The minimum Gasteiger partial charge on any atom is -0.0991 e. The molecule has 2 rings (SSSR count). The van der Waals surface area contributed by atoms with Crippen molar-refractivity contribution >= 4 is 16.3 Å².